The molecule has 0 radical (unpaired) electrons. The number of carboxylic acids is 1. The first kappa shape index (κ1) is 23.2. The highest BCUT2D eigenvalue weighted by Crippen LogP contribution is 2.27. The van der Waals surface area contributed by atoms with E-state index in [0.717, 1.165) is 43.9 Å². The largest absolute Gasteiger partial charge is 0.478 e. The van der Waals surface area contributed by atoms with E-state index in [-0.39, 0.29) is 17.9 Å². The van der Waals surface area contributed by atoms with Crippen molar-refractivity contribution in [2.24, 2.45) is 0 Å². The zero-order chi connectivity index (χ0) is 24.1. The third-order valence-electron chi connectivity index (χ3n) is 6.03. The van der Waals surface area contributed by atoms with E-state index in [1.165, 1.54) is 0 Å². The number of rotatable bonds is 7. The average Bonchev–Trinajstić information content (AvgIpc) is 2.83. The molecule has 3 aromatic rings. The maximum Gasteiger partial charge on any atom is 0.336 e. The molecule has 1 aliphatic rings. The van der Waals surface area contributed by atoms with Gasteiger partial charge in [0, 0.05) is 50.2 Å². The van der Waals surface area contributed by atoms with Crippen LogP contribution in [0.2, 0.25) is 0 Å². The molecule has 1 saturated heterocycles. The molecule has 0 atom stereocenters. The van der Waals surface area contributed by atoms with Crippen LogP contribution < -0.4 is 10.2 Å². The van der Waals surface area contributed by atoms with Crippen molar-refractivity contribution in [2.75, 3.05) is 42.9 Å². The van der Waals surface area contributed by atoms with Crippen LogP contribution in [0.4, 0.5) is 11.5 Å². The Morgan fingerprint density at radius 2 is 1.82 bits per heavy atom. The molecule has 0 bridgehead atoms. The number of piperazine rings is 1. The fourth-order valence-corrected chi connectivity index (χ4v) is 4.13. The Hall–Kier alpha value is -3.96. The molecule has 174 valence electrons. The van der Waals surface area contributed by atoms with Gasteiger partial charge in [0.2, 0.25) is 5.91 Å². The van der Waals surface area contributed by atoms with Crippen LogP contribution in [0.3, 0.4) is 0 Å². The number of carboxylic acid groups (broad SMARTS) is 1. The molecule has 8 nitrogen and oxygen atoms in total. The van der Waals surface area contributed by atoms with Gasteiger partial charge in [-0.1, -0.05) is 29.8 Å². The normalized spacial score (nSPS) is 14.1. The van der Waals surface area contributed by atoms with Gasteiger partial charge in [-0.2, -0.15) is 5.26 Å². The lowest BCUT2D eigenvalue weighted by Crippen LogP contribution is -2.46. The number of fused-ring (bicyclic) bond motifs is 1. The number of carbonyl (C=O) groups is 2. The quantitative estimate of drug-likeness (QED) is 0.559. The zero-order valence-electron chi connectivity index (χ0n) is 19.1. The summed E-state index contributed by atoms with van der Waals surface area (Å²) in [4.78, 5) is 33.6. The van der Waals surface area contributed by atoms with Crippen molar-refractivity contribution < 1.29 is 14.7 Å². The Labute approximate surface area is 198 Å². The molecule has 2 aromatic carbocycles. The summed E-state index contributed by atoms with van der Waals surface area (Å²) < 4.78 is 0. The van der Waals surface area contributed by atoms with Crippen LogP contribution in [0.25, 0.3) is 10.9 Å². The highest BCUT2D eigenvalue weighted by Gasteiger charge is 2.21. The van der Waals surface area contributed by atoms with Gasteiger partial charge in [0.05, 0.1) is 23.6 Å². The molecule has 4 rings (SSSR count). The van der Waals surface area contributed by atoms with E-state index < -0.39 is 5.97 Å². The van der Waals surface area contributed by atoms with E-state index in [9.17, 15) is 14.7 Å². The van der Waals surface area contributed by atoms with Gasteiger partial charge >= 0.3 is 5.97 Å². The number of hydrogen-bond donors (Lipinski definition) is 2. The number of pyridine rings is 1. The summed E-state index contributed by atoms with van der Waals surface area (Å²) in [5, 5.41) is 22.0. The van der Waals surface area contributed by atoms with Gasteiger partial charge in [-0.25, -0.2) is 9.78 Å². The van der Waals surface area contributed by atoms with Gasteiger partial charge < -0.3 is 15.3 Å². The van der Waals surface area contributed by atoms with Crippen LogP contribution in [-0.2, 0) is 11.2 Å². The summed E-state index contributed by atoms with van der Waals surface area (Å²) in [6, 6.07) is 16.7. The van der Waals surface area contributed by atoms with Gasteiger partial charge in [-0.05, 0) is 36.8 Å². The van der Waals surface area contributed by atoms with Crippen molar-refractivity contribution in [1.29, 1.82) is 5.26 Å². The summed E-state index contributed by atoms with van der Waals surface area (Å²) in [7, 11) is 0. The van der Waals surface area contributed by atoms with Gasteiger partial charge in [-0.3, -0.25) is 9.69 Å². The van der Waals surface area contributed by atoms with E-state index in [4.69, 9.17) is 10.2 Å². The minimum absolute atomic E-state index is 0.154. The van der Waals surface area contributed by atoms with E-state index in [0.29, 0.717) is 28.8 Å². The van der Waals surface area contributed by atoms with Crippen molar-refractivity contribution in [3.8, 4) is 6.07 Å². The Balaban J connectivity index is 1.52. The number of aromatic carboxylic acids is 1. The lowest BCUT2D eigenvalue weighted by Gasteiger charge is -2.35. The smallest absolute Gasteiger partial charge is 0.336 e. The van der Waals surface area contributed by atoms with Gasteiger partial charge in [0.25, 0.3) is 0 Å². The Bertz CT molecular complexity index is 1240. The number of hydrogen-bond acceptors (Lipinski definition) is 6. The first-order valence-electron chi connectivity index (χ1n) is 11.3. The molecular formula is C26H27N5O3. The lowest BCUT2D eigenvalue weighted by molar-refractivity contribution is -0.115. The van der Waals surface area contributed by atoms with Gasteiger partial charge in [0.15, 0.2) is 0 Å². The maximum atomic E-state index is 12.5. The number of aromatic nitrogens is 1. The molecule has 8 heteroatoms. The zero-order valence-corrected chi connectivity index (χ0v) is 19.1. The number of carbonyl (C=O) groups excluding carboxylic acids is 1. The second-order valence-electron chi connectivity index (χ2n) is 8.51. The monoisotopic (exact) mass is 457 g/mol. The first-order valence-corrected chi connectivity index (χ1v) is 11.3. The molecule has 34 heavy (non-hydrogen) atoms. The minimum Gasteiger partial charge on any atom is -0.478 e. The predicted octanol–water partition coefficient (Wildman–Crippen LogP) is 3.46. The number of nitrogens with zero attached hydrogens (tertiary/aromatic N) is 4. The van der Waals surface area contributed by atoms with E-state index in [1.54, 1.807) is 24.3 Å². The van der Waals surface area contributed by atoms with Crippen molar-refractivity contribution in [2.45, 2.75) is 19.8 Å². The van der Waals surface area contributed by atoms with Crippen molar-refractivity contribution in [3.05, 3.63) is 65.2 Å². The van der Waals surface area contributed by atoms with Gasteiger partial charge in [0.1, 0.15) is 5.82 Å². The number of benzene rings is 2. The summed E-state index contributed by atoms with van der Waals surface area (Å²) in [5.74, 6) is -0.579. The average molecular weight is 458 g/mol. The third-order valence-corrected chi connectivity index (χ3v) is 6.03. The summed E-state index contributed by atoms with van der Waals surface area (Å²) in [6.45, 7) is 5.78. The fourth-order valence-electron chi connectivity index (χ4n) is 4.13. The molecule has 0 unspecified atom stereocenters. The molecule has 2 heterocycles. The summed E-state index contributed by atoms with van der Waals surface area (Å²) in [5.41, 5.74) is 3.30. The number of anilines is 2. The maximum absolute atomic E-state index is 12.5. The van der Waals surface area contributed by atoms with Crippen molar-refractivity contribution >= 4 is 34.3 Å². The van der Waals surface area contributed by atoms with Crippen molar-refractivity contribution in [1.82, 2.24) is 9.88 Å². The van der Waals surface area contributed by atoms with Crippen LogP contribution in [0.5, 0.6) is 0 Å². The topological polar surface area (TPSA) is 110 Å². The molecule has 0 saturated carbocycles. The fraction of sp³-hybridized carbons (Fsp3) is 0.308. The first-order chi connectivity index (χ1) is 16.4. The molecule has 0 spiro atoms. The SMILES string of the molecule is Cc1ccc(CC(=O)Nc2ccc3nc(N4CCN(CCC#N)CC4)cc(C(=O)O)c3c2)cc1. The highest BCUT2D eigenvalue weighted by molar-refractivity contribution is 6.05. The Kier molecular flexibility index (Phi) is 7.04. The second-order valence-corrected chi connectivity index (χ2v) is 8.51. The number of amides is 1. The second kappa shape index (κ2) is 10.3. The number of nitriles is 1. The standard InChI is InChI=1S/C26H27N5O3/c1-18-3-5-19(6-4-18)15-25(32)28-20-7-8-23-21(16-20)22(26(33)34)17-24(29-23)31-13-11-30(12-14-31)10-2-9-27/h3-8,16-17H,2,10-15H2,1H3,(H,28,32)(H,33,34). The number of aryl methyl sites for hydroxylation is 1. The summed E-state index contributed by atoms with van der Waals surface area (Å²) >= 11 is 0. The molecule has 1 aliphatic heterocycles. The molecule has 1 fully saturated rings. The lowest BCUT2D eigenvalue weighted by atomic mass is 10.1. The van der Waals surface area contributed by atoms with Crippen LogP contribution in [0, 0.1) is 18.3 Å². The summed E-state index contributed by atoms with van der Waals surface area (Å²) in [6.07, 6.45) is 0.739. The Morgan fingerprint density at radius 3 is 2.50 bits per heavy atom. The van der Waals surface area contributed by atoms with E-state index >= 15 is 0 Å². The number of nitrogens with one attached hydrogen (secondary N) is 1. The van der Waals surface area contributed by atoms with Gasteiger partial charge in [-0.15, -0.1) is 0 Å². The molecule has 2 N–H and O–H groups in total. The third kappa shape index (κ3) is 5.50. The molecule has 1 amide bonds. The van der Waals surface area contributed by atoms with Crippen LogP contribution in [-0.4, -0.2) is 59.6 Å². The highest BCUT2D eigenvalue weighted by atomic mass is 16.4. The Morgan fingerprint density at radius 1 is 1.09 bits per heavy atom. The predicted molar refractivity (Wildman–Crippen MR) is 131 cm³/mol. The van der Waals surface area contributed by atoms with Crippen LogP contribution >= 0.6 is 0 Å². The van der Waals surface area contributed by atoms with E-state index in [2.05, 4.69) is 21.2 Å². The van der Waals surface area contributed by atoms with Crippen LogP contribution in [0.15, 0.2) is 48.5 Å². The molecular weight excluding hydrogens is 430 g/mol. The molecule has 1 aromatic heterocycles. The van der Waals surface area contributed by atoms with Crippen molar-refractivity contribution in [3.63, 3.8) is 0 Å². The van der Waals surface area contributed by atoms with Crippen LogP contribution in [0.1, 0.15) is 27.9 Å². The van der Waals surface area contributed by atoms with E-state index in [1.807, 2.05) is 31.2 Å². The minimum atomic E-state index is -1.04. The molecule has 0 aliphatic carbocycles.